The lowest BCUT2D eigenvalue weighted by Crippen LogP contribution is -2.44. The molecule has 0 saturated heterocycles. The lowest BCUT2D eigenvalue weighted by Gasteiger charge is -2.18. The van der Waals surface area contributed by atoms with Crippen molar-refractivity contribution in [3.63, 3.8) is 0 Å². The van der Waals surface area contributed by atoms with Gasteiger partial charge in [0, 0.05) is 11.8 Å². The third kappa shape index (κ3) is 8.11. The number of amides is 2. The monoisotopic (exact) mass is 460 g/mol. The topological polar surface area (TPSA) is 84.5 Å². The van der Waals surface area contributed by atoms with Crippen molar-refractivity contribution < 1.29 is 19.1 Å². The van der Waals surface area contributed by atoms with Crippen LogP contribution in [0.15, 0.2) is 54.6 Å². The maximum absolute atomic E-state index is 12.8. The van der Waals surface area contributed by atoms with Gasteiger partial charge in [0.15, 0.2) is 0 Å². The lowest BCUT2D eigenvalue weighted by molar-refractivity contribution is -0.137. The molecule has 0 spiro atoms. The molecule has 0 fully saturated rings. The molecular formula is C23H25ClN2O4S. The minimum absolute atomic E-state index is 0.315. The molecule has 0 aromatic heterocycles. The summed E-state index contributed by atoms with van der Waals surface area (Å²) in [7, 11) is 0. The summed E-state index contributed by atoms with van der Waals surface area (Å²) in [5.41, 5.74) is 1.69. The predicted molar refractivity (Wildman–Crippen MR) is 126 cm³/mol. The zero-order valence-electron chi connectivity index (χ0n) is 17.4. The van der Waals surface area contributed by atoms with E-state index in [0.717, 1.165) is 5.56 Å². The fraction of sp³-hybridized carbons (Fsp3) is 0.261. The molecule has 1 unspecified atom stereocenters. The fourth-order valence-corrected chi connectivity index (χ4v) is 3.34. The first-order valence-electron chi connectivity index (χ1n) is 9.74. The van der Waals surface area contributed by atoms with Crippen molar-refractivity contribution in [1.82, 2.24) is 5.32 Å². The number of halogens is 1. The molecule has 0 aliphatic rings. The van der Waals surface area contributed by atoms with E-state index in [0.29, 0.717) is 35.1 Å². The minimum Gasteiger partial charge on any atom is -0.463 e. The Hall–Kier alpha value is -2.77. The molecule has 0 aliphatic heterocycles. The Kier molecular flexibility index (Phi) is 10.1. The first-order chi connectivity index (χ1) is 14.9. The van der Waals surface area contributed by atoms with E-state index in [1.54, 1.807) is 73.3 Å². The molecule has 0 bridgehead atoms. The van der Waals surface area contributed by atoms with Gasteiger partial charge in [-0.1, -0.05) is 35.9 Å². The molecular weight excluding hydrogens is 436 g/mol. The number of thioether (sulfide) groups is 1. The smallest absolute Gasteiger partial charge is 0.330 e. The van der Waals surface area contributed by atoms with Gasteiger partial charge < -0.3 is 15.4 Å². The molecule has 31 heavy (non-hydrogen) atoms. The van der Waals surface area contributed by atoms with Gasteiger partial charge in [-0.2, -0.15) is 11.8 Å². The minimum atomic E-state index is -0.709. The lowest BCUT2D eigenvalue weighted by atomic mass is 10.1. The van der Waals surface area contributed by atoms with Crippen LogP contribution < -0.4 is 10.6 Å². The van der Waals surface area contributed by atoms with Gasteiger partial charge >= 0.3 is 5.97 Å². The predicted octanol–water partition coefficient (Wildman–Crippen LogP) is 4.41. The number of hydrogen-bond donors (Lipinski definition) is 2. The highest BCUT2D eigenvalue weighted by Gasteiger charge is 2.22. The summed E-state index contributed by atoms with van der Waals surface area (Å²) in [5, 5.41) is 5.93. The Balaban J connectivity index is 2.03. The maximum Gasteiger partial charge on any atom is 0.330 e. The van der Waals surface area contributed by atoms with Crippen LogP contribution in [0.1, 0.15) is 29.3 Å². The summed E-state index contributed by atoms with van der Waals surface area (Å²) in [6.45, 7) is 2.06. The first-order valence-corrected chi connectivity index (χ1v) is 11.5. The second-order valence-electron chi connectivity index (χ2n) is 6.48. The molecule has 6 nitrogen and oxygen atoms in total. The second kappa shape index (κ2) is 12.8. The molecule has 8 heteroatoms. The third-order valence-electron chi connectivity index (χ3n) is 4.23. The Bertz CT molecular complexity index is 931. The van der Waals surface area contributed by atoms with E-state index in [9.17, 15) is 14.4 Å². The van der Waals surface area contributed by atoms with Crippen molar-refractivity contribution in [3.05, 3.63) is 70.8 Å². The summed E-state index contributed by atoms with van der Waals surface area (Å²) >= 11 is 7.68. The first kappa shape index (κ1) is 24.5. The molecule has 0 radical (unpaired) electrons. The Morgan fingerprint density at radius 3 is 2.48 bits per heavy atom. The highest BCUT2D eigenvalue weighted by atomic mass is 35.5. The Labute approximate surface area is 191 Å². The number of rotatable bonds is 10. The normalized spacial score (nSPS) is 11.7. The van der Waals surface area contributed by atoms with Gasteiger partial charge in [-0.15, -0.1) is 0 Å². The largest absolute Gasteiger partial charge is 0.463 e. The number of esters is 1. The van der Waals surface area contributed by atoms with Crippen LogP contribution >= 0.6 is 23.4 Å². The summed E-state index contributed by atoms with van der Waals surface area (Å²) < 4.78 is 4.84. The van der Waals surface area contributed by atoms with Crippen LogP contribution in [0.2, 0.25) is 5.02 Å². The van der Waals surface area contributed by atoms with Crippen LogP contribution in [-0.4, -0.2) is 42.4 Å². The van der Waals surface area contributed by atoms with Crippen LogP contribution in [0.3, 0.4) is 0 Å². The summed E-state index contributed by atoms with van der Waals surface area (Å²) in [5.74, 6) is -0.417. The van der Waals surface area contributed by atoms with E-state index in [1.807, 2.05) is 6.26 Å². The van der Waals surface area contributed by atoms with Gasteiger partial charge in [0.1, 0.15) is 6.04 Å². The van der Waals surface area contributed by atoms with Gasteiger partial charge in [-0.25, -0.2) is 4.79 Å². The van der Waals surface area contributed by atoms with Gasteiger partial charge in [-0.05, 0) is 61.3 Å². The second-order valence-corrected chi connectivity index (χ2v) is 7.88. The third-order valence-corrected chi connectivity index (χ3v) is 5.20. The number of carbonyl (C=O) groups is 3. The highest BCUT2D eigenvalue weighted by Crippen LogP contribution is 2.16. The number of carbonyl (C=O) groups excluding carboxylic acids is 3. The summed E-state index contributed by atoms with van der Waals surface area (Å²) in [6, 6.07) is 13.0. The van der Waals surface area contributed by atoms with Gasteiger partial charge in [-0.3, -0.25) is 9.59 Å². The molecule has 2 rings (SSSR count). The van der Waals surface area contributed by atoms with Crippen LogP contribution in [-0.2, 0) is 14.3 Å². The number of benzene rings is 2. The van der Waals surface area contributed by atoms with Crippen molar-refractivity contribution in [2.75, 3.05) is 23.9 Å². The van der Waals surface area contributed by atoms with Crippen LogP contribution in [0, 0.1) is 0 Å². The average Bonchev–Trinajstić information content (AvgIpc) is 2.76. The number of anilines is 1. The van der Waals surface area contributed by atoms with Crippen molar-refractivity contribution in [3.8, 4) is 0 Å². The standard InChI is InChI=1S/C23H25ClN2O4S/c1-3-30-21(27)13-10-16-8-11-17(12-9-16)25-23(29)20(14-15-31-2)26-22(28)18-6-4-5-7-19(18)24/h4-13,20H,3,14-15H2,1-2H3,(H,25,29)(H,26,28)/b13-10+. The Morgan fingerprint density at radius 2 is 1.84 bits per heavy atom. The SMILES string of the molecule is CCOC(=O)/C=C/c1ccc(NC(=O)C(CCSC)NC(=O)c2ccccc2Cl)cc1. The molecule has 2 amide bonds. The molecule has 2 N–H and O–H groups in total. The van der Waals surface area contributed by atoms with E-state index < -0.39 is 17.9 Å². The van der Waals surface area contributed by atoms with E-state index in [1.165, 1.54) is 6.08 Å². The summed E-state index contributed by atoms with van der Waals surface area (Å²) in [4.78, 5) is 36.8. The van der Waals surface area contributed by atoms with Gasteiger partial charge in [0.2, 0.25) is 5.91 Å². The zero-order valence-corrected chi connectivity index (χ0v) is 19.0. The number of nitrogens with one attached hydrogen (secondary N) is 2. The molecule has 0 saturated carbocycles. The zero-order chi connectivity index (χ0) is 22.6. The maximum atomic E-state index is 12.8. The van der Waals surface area contributed by atoms with Crippen LogP contribution in [0.5, 0.6) is 0 Å². The quantitative estimate of drug-likeness (QED) is 0.405. The molecule has 2 aromatic carbocycles. The van der Waals surface area contributed by atoms with Crippen LogP contribution in [0.4, 0.5) is 5.69 Å². The highest BCUT2D eigenvalue weighted by molar-refractivity contribution is 7.98. The average molecular weight is 461 g/mol. The van der Waals surface area contributed by atoms with Crippen molar-refractivity contribution in [2.24, 2.45) is 0 Å². The van der Waals surface area contributed by atoms with Gasteiger partial charge in [0.25, 0.3) is 5.91 Å². The van der Waals surface area contributed by atoms with Crippen molar-refractivity contribution >= 4 is 52.9 Å². The number of hydrogen-bond acceptors (Lipinski definition) is 5. The van der Waals surface area contributed by atoms with E-state index in [2.05, 4.69) is 10.6 Å². The van der Waals surface area contributed by atoms with E-state index >= 15 is 0 Å². The van der Waals surface area contributed by atoms with E-state index in [4.69, 9.17) is 16.3 Å². The number of ether oxygens (including phenoxy) is 1. The molecule has 1 atom stereocenters. The Morgan fingerprint density at radius 1 is 1.13 bits per heavy atom. The molecule has 164 valence electrons. The summed E-state index contributed by atoms with van der Waals surface area (Å²) in [6.07, 6.45) is 5.39. The van der Waals surface area contributed by atoms with Crippen molar-refractivity contribution in [2.45, 2.75) is 19.4 Å². The fourth-order valence-electron chi connectivity index (χ4n) is 2.65. The molecule has 2 aromatic rings. The molecule has 0 heterocycles. The van der Waals surface area contributed by atoms with E-state index in [-0.39, 0.29) is 5.91 Å². The van der Waals surface area contributed by atoms with Gasteiger partial charge in [0.05, 0.1) is 17.2 Å². The molecule has 0 aliphatic carbocycles. The van der Waals surface area contributed by atoms with Crippen molar-refractivity contribution in [1.29, 1.82) is 0 Å². The van der Waals surface area contributed by atoms with Crippen LogP contribution in [0.25, 0.3) is 6.08 Å².